The van der Waals surface area contributed by atoms with E-state index in [9.17, 15) is 0 Å². The first-order chi connectivity index (χ1) is 15.4. The number of hydrogen-bond acceptors (Lipinski definition) is 1. The van der Waals surface area contributed by atoms with Gasteiger partial charge in [-0.05, 0) is 138 Å². The highest BCUT2D eigenvalue weighted by molar-refractivity contribution is 6.74. The zero-order valence-electron chi connectivity index (χ0n) is 23.4. The predicted molar refractivity (Wildman–Crippen MR) is 146 cm³/mol. The van der Waals surface area contributed by atoms with Gasteiger partial charge in [0.2, 0.25) is 0 Å². The molecule has 0 radical (unpaired) electrons. The molecule has 0 aliphatic heterocycles. The van der Waals surface area contributed by atoms with E-state index in [1.54, 1.807) is 5.57 Å². The lowest BCUT2D eigenvalue weighted by Crippen LogP contribution is -2.58. The minimum atomic E-state index is -1.85. The first-order valence-corrected chi connectivity index (χ1v) is 17.4. The molecule has 4 aliphatic rings. The van der Waals surface area contributed by atoms with Gasteiger partial charge >= 0.3 is 0 Å². The first-order valence-electron chi connectivity index (χ1n) is 14.4. The Morgan fingerprint density at radius 1 is 1.12 bits per heavy atom. The van der Waals surface area contributed by atoms with Gasteiger partial charge in [-0.25, -0.2) is 0 Å². The second-order valence-corrected chi connectivity index (χ2v) is 18.9. The van der Waals surface area contributed by atoms with Gasteiger partial charge in [0.25, 0.3) is 0 Å². The minimum Gasteiger partial charge on any atom is -0.411 e. The standard InChI is InChI=1S/C31H54OSi/c1-9-23(2)13-12-20-31(32-33(7,8)29(3,4)5)22-19-28-27-17-16-24-14-10-11-15-25(24)26(27)18-21-30(28,31)6/h9,14,25-28H,10-13,15-22H2,1-8H3/b23-9+/t25-,26+,27+,28-,30-,31-/m0/s1. The van der Waals surface area contributed by atoms with Gasteiger partial charge in [-0.2, -0.15) is 0 Å². The van der Waals surface area contributed by atoms with Crippen molar-refractivity contribution in [2.24, 2.45) is 29.1 Å². The molecular formula is C31H54OSi. The lowest BCUT2D eigenvalue weighted by molar-refractivity contribution is -0.113. The number of fused-ring (bicyclic) bond motifs is 5. The third-order valence-electron chi connectivity index (χ3n) is 11.6. The molecule has 0 saturated heterocycles. The Morgan fingerprint density at radius 3 is 2.58 bits per heavy atom. The second kappa shape index (κ2) is 9.27. The van der Waals surface area contributed by atoms with E-state index in [0.29, 0.717) is 5.41 Å². The maximum atomic E-state index is 7.63. The van der Waals surface area contributed by atoms with Crippen LogP contribution in [-0.4, -0.2) is 13.9 Å². The van der Waals surface area contributed by atoms with Crippen LogP contribution in [0, 0.1) is 29.1 Å². The van der Waals surface area contributed by atoms with Crippen molar-refractivity contribution in [2.45, 2.75) is 142 Å². The second-order valence-electron chi connectivity index (χ2n) is 14.1. The topological polar surface area (TPSA) is 9.23 Å². The molecule has 3 fully saturated rings. The van der Waals surface area contributed by atoms with Crippen LogP contribution in [0.2, 0.25) is 18.1 Å². The van der Waals surface area contributed by atoms with E-state index in [1.165, 1.54) is 77.0 Å². The van der Waals surface area contributed by atoms with E-state index in [2.05, 4.69) is 66.8 Å². The Labute approximate surface area is 207 Å². The molecule has 0 bridgehead atoms. The summed E-state index contributed by atoms with van der Waals surface area (Å²) in [5.74, 6) is 3.73. The molecule has 0 amide bonds. The smallest absolute Gasteiger partial charge is 0.192 e. The fourth-order valence-corrected chi connectivity index (χ4v) is 10.2. The summed E-state index contributed by atoms with van der Waals surface area (Å²) in [5.41, 5.74) is 3.87. The molecule has 6 atom stereocenters. The molecule has 0 spiro atoms. The molecular weight excluding hydrogens is 416 g/mol. The summed E-state index contributed by atoms with van der Waals surface area (Å²) in [6.45, 7) is 19.5. The summed E-state index contributed by atoms with van der Waals surface area (Å²) in [4.78, 5) is 0. The van der Waals surface area contributed by atoms with E-state index in [-0.39, 0.29) is 10.6 Å². The quantitative estimate of drug-likeness (QED) is 0.277. The highest BCUT2D eigenvalue weighted by Crippen LogP contribution is 2.67. The molecule has 0 aromatic carbocycles. The Kier molecular flexibility index (Phi) is 7.23. The van der Waals surface area contributed by atoms with Gasteiger partial charge in [-0.15, -0.1) is 0 Å². The monoisotopic (exact) mass is 470 g/mol. The third kappa shape index (κ3) is 4.50. The van der Waals surface area contributed by atoms with Crippen molar-refractivity contribution >= 4 is 8.32 Å². The van der Waals surface area contributed by atoms with Crippen molar-refractivity contribution in [1.82, 2.24) is 0 Å². The molecule has 0 aromatic rings. The Morgan fingerprint density at radius 2 is 1.88 bits per heavy atom. The average Bonchev–Trinajstić information content (AvgIpc) is 3.04. The number of allylic oxidation sites excluding steroid dienone is 4. The molecule has 188 valence electrons. The maximum absolute atomic E-state index is 7.63. The van der Waals surface area contributed by atoms with Crippen LogP contribution in [0.1, 0.15) is 119 Å². The fraction of sp³-hybridized carbons (Fsp3) is 0.871. The van der Waals surface area contributed by atoms with E-state index in [1.807, 2.05) is 5.57 Å². The lowest BCUT2D eigenvalue weighted by atomic mass is 9.50. The molecule has 4 aliphatic carbocycles. The van der Waals surface area contributed by atoms with Gasteiger partial charge in [0, 0.05) is 0 Å². The molecule has 0 N–H and O–H groups in total. The maximum Gasteiger partial charge on any atom is 0.192 e. The molecule has 2 heteroatoms. The fourth-order valence-electron chi connectivity index (χ4n) is 8.46. The Balaban J connectivity index is 1.63. The molecule has 0 unspecified atom stereocenters. The molecule has 33 heavy (non-hydrogen) atoms. The molecule has 3 saturated carbocycles. The summed E-state index contributed by atoms with van der Waals surface area (Å²) >= 11 is 0. The molecule has 4 rings (SSSR count). The normalized spacial score (nSPS) is 39.5. The van der Waals surface area contributed by atoms with E-state index >= 15 is 0 Å². The third-order valence-corrected chi connectivity index (χ3v) is 16.1. The zero-order valence-corrected chi connectivity index (χ0v) is 24.4. The van der Waals surface area contributed by atoms with Gasteiger partial charge in [-0.3, -0.25) is 0 Å². The Hall–Kier alpha value is -0.343. The van der Waals surface area contributed by atoms with Gasteiger partial charge in [-0.1, -0.05) is 51.0 Å². The molecule has 0 heterocycles. The highest BCUT2D eigenvalue weighted by Gasteiger charge is 2.64. The summed E-state index contributed by atoms with van der Waals surface area (Å²) in [5, 5.41) is 0.275. The van der Waals surface area contributed by atoms with Crippen molar-refractivity contribution in [1.29, 1.82) is 0 Å². The summed E-state index contributed by atoms with van der Waals surface area (Å²) < 4.78 is 7.63. The Bertz CT molecular complexity index is 770. The van der Waals surface area contributed by atoms with E-state index in [0.717, 1.165) is 23.7 Å². The van der Waals surface area contributed by atoms with Crippen LogP contribution < -0.4 is 0 Å². The van der Waals surface area contributed by atoms with Crippen molar-refractivity contribution in [3.8, 4) is 0 Å². The number of rotatable bonds is 6. The van der Waals surface area contributed by atoms with Crippen molar-refractivity contribution < 1.29 is 4.43 Å². The van der Waals surface area contributed by atoms with Crippen molar-refractivity contribution in [2.75, 3.05) is 0 Å². The number of hydrogen-bond donors (Lipinski definition) is 0. The molecule has 1 nitrogen and oxygen atoms in total. The largest absolute Gasteiger partial charge is 0.411 e. The summed E-state index contributed by atoms with van der Waals surface area (Å²) in [6, 6.07) is 0. The van der Waals surface area contributed by atoms with Crippen LogP contribution in [0.15, 0.2) is 23.3 Å². The predicted octanol–water partition coefficient (Wildman–Crippen LogP) is 9.85. The van der Waals surface area contributed by atoms with Gasteiger partial charge in [0.05, 0.1) is 5.60 Å². The van der Waals surface area contributed by atoms with Crippen molar-refractivity contribution in [3.63, 3.8) is 0 Å². The summed E-state index contributed by atoms with van der Waals surface area (Å²) in [7, 11) is -1.85. The van der Waals surface area contributed by atoms with Gasteiger partial charge in [0.1, 0.15) is 0 Å². The van der Waals surface area contributed by atoms with E-state index in [4.69, 9.17) is 4.43 Å². The summed E-state index contributed by atoms with van der Waals surface area (Å²) in [6.07, 6.45) is 21.4. The zero-order chi connectivity index (χ0) is 24.1. The van der Waals surface area contributed by atoms with E-state index < -0.39 is 8.32 Å². The van der Waals surface area contributed by atoms with Crippen LogP contribution in [-0.2, 0) is 4.43 Å². The van der Waals surface area contributed by atoms with Crippen LogP contribution in [0.5, 0.6) is 0 Å². The van der Waals surface area contributed by atoms with Gasteiger partial charge in [0.15, 0.2) is 8.32 Å². The lowest BCUT2D eigenvalue weighted by Gasteiger charge is -2.59. The van der Waals surface area contributed by atoms with Crippen LogP contribution in [0.4, 0.5) is 0 Å². The van der Waals surface area contributed by atoms with Crippen LogP contribution in [0.3, 0.4) is 0 Å². The SMILES string of the molecule is C/C=C(\C)CCC[C@]1(O[Si](C)(C)C(C)(C)C)CC[C@H]2[C@@H]3CCC4=CCCC[C@@H]4[C@H]3CC[C@@]21C. The van der Waals surface area contributed by atoms with Gasteiger partial charge < -0.3 is 4.43 Å². The average molecular weight is 471 g/mol. The highest BCUT2D eigenvalue weighted by atomic mass is 28.4. The minimum absolute atomic E-state index is 0.0995. The first kappa shape index (κ1) is 25.7. The van der Waals surface area contributed by atoms with Crippen LogP contribution in [0.25, 0.3) is 0 Å². The van der Waals surface area contributed by atoms with Crippen molar-refractivity contribution in [3.05, 3.63) is 23.3 Å². The van der Waals surface area contributed by atoms with Crippen LogP contribution >= 0.6 is 0 Å². The molecule has 0 aromatic heterocycles.